The van der Waals surface area contributed by atoms with Crippen LogP contribution in [0.1, 0.15) is 36.8 Å². The maximum Gasteiger partial charge on any atom is 0.168 e. The van der Waals surface area contributed by atoms with E-state index in [4.69, 9.17) is 5.73 Å². The van der Waals surface area contributed by atoms with Crippen LogP contribution < -0.4 is 5.73 Å². The molecule has 1 aromatic heterocycles. The van der Waals surface area contributed by atoms with E-state index in [0.29, 0.717) is 6.54 Å². The Kier molecular flexibility index (Phi) is 3.49. The van der Waals surface area contributed by atoms with Crippen molar-refractivity contribution in [2.45, 2.75) is 32.9 Å². The number of benzene rings is 1. The van der Waals surface area contributed by atoms with E-state index in [0.717, 1.165) is 12.2 Å². The first-order chi connectivity index (χ1) is 8.22. The lowest BCUT2D eigenvalue weighted by molar-refractivity contribution is 0.585. The minimum atomic E-state index is -0.154. The average Bonchev–Trinajstić information content (AvgIpc) is 2.78. The Morgan fingerprint density at radius 1 is 1.29 bits per heavy atom. The quantitative estimate of drug-likeness (QED) is 0.861. The van der Waals surface area contributed by atoms with Crippen LogP contribution in [0, 0.1) is 0 Å². The van der Waals surface area contributed by atoms with Crippen LogP contribution in [-0.4, -0.2) is 20.2 Å². The lowest BCUT2D eigenvalue weighted by Gasteiger charge is -2.10. The third-order valence-electron chi connectivity index (χ3n) is 2.79. The zero-order chi connectivity index (χ0) is 12.3. The molecule has 1 aromatic carbocycles. The van der Waals surface area contributed by atoms with Gasteiger partial charge in [0.2, 0.25) is 0 Å². The molecule has 0 saturated carbocycles. The van der Waals surface area contributed by atoms with Crippen LogP contribution in [-0.2, 0) is 13.0 Å². The summed E-state index contributed by atoms with van der Waals surface area (Å²) >= 11 is 0. The number of tetrazole rings is 1. The Morgan fingerprint density at radius 3 is 2.65 bits per heavy atom. The monoisotopic (exact) mass is 231 g/mol. The third kappa shape index (κ3) is 2.50. The second-order valence-corrected chi connectivity index (χ2v) is 4.11. The van der Waals surface area contributed by atoms with E-state index in [9.17, 15) is 0 Å². The molecule has 0 aliphatic carbocycles. The average molecular weight is 231 g/mol. The predicted octanol–water partition coefficient (Wildman–Crippen LogP) is 1.30. The van der Waals surface area contributed by atoms with E-state index in [1.54, 1.807) is 4.68 Å². The molecule has 0 bridgehead atoms. The summed E-state index contributed by atoms with van der Waals surface area (Å²) in [6.07, 6.45) is 1.01. The first-order valence-electron chi connectivity index (χ1n) is 5.80. The maximum atomic E-state index is 5.82. The Bertz CT molecular complexity index is 489. The van der Waals surface area contributed by atoms with Crippen molar-refractivity contribution >= 4 is 0 Å². The smallest absolute Gasteiger partial charge is 0.168 e. The van der Waals surface area contributed by atoms with Crippen LogP contribution >= 0.6 is 0 Å². The van der Waals surface area contributed by atoms with Gasteiger partial charge in [0, 0.05) is 0 Å². The fraction of sp³-hybridized carbons (Fsp3) is 0.417. The molecular weight excluding hydrogens is 214 g/mol. The summed E-state index contributed by atoms with van der Waals surface area (Å²) in [5, 5.41) is 11.6. The lowest BCUT2D eigenvalue weighted by atomic mass is 10.1. The van der Waals surface area contributed by atoms with E-state index in [1.165, 1.54) is 11.1 Å². The number of hydrogen-bond acceptors (Lipinski definition) is 4. The van der Waals surface area contributed by atoms with Gasteiger partial charge in [-0.05, 0) is 34.9 Å². The van der Waals surface area contributed by atoms with Crippen molar-refractivity contribution in [1.82, 2.24) is 20.2 Å². The molecule has 1 atom stereocenters. The van der Waals surface area contributed by atoms with Gasteiger partial charge in [-0.2, -0.15) is 0 Å². The first-order valence-corrected chi connectivity index (χ1v) is 5.80. The molecule has 1 unspecified atom stereocenters. The van der Waals surface area contributed by atoms with Crippen LogP contribution in [0.3, 0.4) is 0 Å². The number of hydrogen-bond donors (Lipinski definition) is 1. The van der Waals surface area contributed by atoms with Crippen LogP contribution in [0.25, 0.3) is 0 Å². The van der Waals surface area contributed by atoms with E-state index in [-0.39, 0.29) is 6.04 Å². The van der Waals surface area contributed by atoms with Gasteiger partial charge in [-0.1, -0.05) is 31.2 Å². The SMILES string of the molecule is CCc1ccccc1Cn1nnnc1C(C)N. The fourth-order valence-electron chi connectivity index (χ4n) is 1.87. The summed E-state index contributed by atoms with van der Waals surface area (Å²) in [5.74, 6) is 0.718. The van der Waals surface area contributed by atoms with Crippen LogP contribution in [0.15, 0.2) is 24.3 Å². The Labute approximate surface area is 101 Å². The Morgan fingerprint density at radius 2 is 2.00 bits per heavy atom. The van der Waals surface area contributed by atoms with Crippen molar-refractivity contribution in [2.24, 2.45) is 5.73 Å². The molecule has 0 amide bonds. The molecule has 2 rings (SSSR count). The van der Waals surface area contributed by atoms with Crippen molar-refractivity contribution in [2.75, 3.05) is 0 Å². The highest BCUT2D eigenvalue weighted by atomic mass is 15.5. The van der Waals surface area contributed by atoms with E-state index in [1.807, 2.05) is 19.1 Å². The highest BCUT2D eigenvalue weighted by Crippen LogP contribution is 2.12. The molecule has 90 valence electrons. The van der Waals surface area contributed by atoms with Gasteiger partial charge in [0.15, 0.2) is 5.82 Å². The normalized spacial score (nSPS) is 12.6. The van der Waals surface area contributed by atoms with Crippen molar-refractivity contribution in [3.05, 3.63) is 41.2 Å². The highest BCUT2D eigenvalue weighted by molar-refractivity contribution is 5.27. The topological polar surface area (TPSA) is 69.6 Å². The minimum absolute atomic E-state index is 0.154. The van der Waals surface area contributed by atoms with Gasteiger partial charge in [0.05, 0.1) is 12.6 Å². The van der Waals surface area contributed by atoms with Crippen LogP contribution in [0.5, 0.6) is 0 Å². The molecule has 0 aliphatic rings. The lowest BCUT2D eigenvalue weighted by Crippen LogP contribution is -2.15. The number of aryl methyl sites for hydroxylation is 1. The summed E-state index contributed by atoms with van der Waals surface area (Å²) in [5.41, 5.74) is 8.38. The molecule has 1 heterocycles. The molecule has 0 fully saturated rings. The van der Waals surface area contributed by atoms with E-state index < -0.39 is 0 Å². The molecule has 0 saturated heterocycles. The molecule has 0 radical (unpaired) electrons. The van der Waals surface area contributed by atoms with Crippen LogP contribution in [0.2, 0.25) is 0 Å². The molecular formula is C12H17N5. The van der Waals surface area contributed by atoms with Gasteiger partial charge in [-0.3, -0.25) is 0 Å². The molecule has 2 aromatic rings. The summed E-state index contributed by atoms with van der Waals surface area (Å²) in [6, 6.07) is 8.16. The predicted molar refractivity (Wildman–Crippen MR) is 65.3 cm³/mol. The van der Waals surface area contributed by atoms with Crippen molar-refractivity contribution in [3.63, 3.8) is 0 Å². The molecule has 17 heavy (non-hydrogen) atoms. The first kappa shape index (κ1) is 11.7. The van der Waals surface area contributed by atoms with Crippen molar-refractivity contribution in [3.8, 4) is 0 Å². The molecule has 0 spiro atoms. The van der Waals surface area contributed by atoms with Crippen molar-refractivity contribution < 1.29 is 0 Å². The highest BCUT2D eigenvalue weighted by Gasteiger charge is 2.11. The van der Waals surface area contributed by atoms with Gasteiger partial charge in [0.25, 0.3) is 0 Å². The van der Waals surface area contributed by atoms with Crippen molar-refractivity contribution in [1.29, 1.82) is 0 Å². The fourth-order valence-corrected chi connectivity index (χ4v) is 1.87. The molecule has 5 nitrogen and oxygen atoms in total. The Balaban J connectivity index is 2.28. The van der Waals surface area contributed by atoms with E-state index >= 15 is 0 Å². The molecule has 0 aliphatic heterocycles. The summed E-state index contributed by atoms with van der Waals surface area (Å²) in [4.78, 5) is 0. The summed E-state index contributed by atoms with van der Waals surface area (Å²) in [7, 11) is 0. The van der Waals surface area contributed by atoms with Gasteiger partial charge < -0.3 is 5.73 Å². The van der Waals surface area contributed by atoms with Crippen LogP contribution in [0.4, 0.5) is 0 Å². The molecule has 2 N–H and O–H groups in total. The van der Waals surface area contributed by atoms with Gasteiger partial charge >= 0.3 is 0 Å². The van der Waals surface area contributed by atoms with Gasteiger partial charge in [-0.15, -0.1) is 5.10 Å². The second kappa shape index (κ2) is 5.05. The summed E-state index contributed by atoms with van der Waals surface area (Å²) < 4.78 is 1.76. The Hall–Kier alpha value is -1.75. The standard InChI is InChI=1S/C12H17N5/c1-3-10-6-4-5-7-11(10)8-17-12(9(2)13)14-15-16-17/h4-7,9H,3,8,13H2,1-2H3. The minimum Gasteiger partial charge on any atom is -0.322 e. The van der Waals surface area contributed by atoms with E-state index in [2.05, 4.69) is 34.6 Å². The largest absolute Gasteiger partial charge is 0.322 e. The maximum absolute atomic E-state index is 5.82. The zero-order valence-corrected chi connectivity index (χ0v) is 10.2. The number of rotatable bonds is 4. The number of nitrogens with zero attached hydrogens (tertiary/aromatic N) is 4. The third-order valence-corrected chi connectivity index (χ3v) is 2.79. The molecule has 5 heteroatoms. The number of aromatic nitrogens is 4. The second-order valence-electron chi connectivity index (χ2n) is 4.11. The number of nitrogens with two attached hydrogens (primary N) is 1. The van der Waals surface area contributed by atoms with Gasteiger partial charge in [-0.25, -0.2) is 4.68 Å². The van der Waals surface area contributed by atoms with Gasteiger partial charge in [0.1, 0.15) is 0 Å². The zero-order valence-electron chi connectivity index (χ0n) is 10.2. The summed E-state index contributed by atoms with van der Waals surface area (Å²) in [6.45, 7) is 4.70.